The van der Waals surface area contributed by atoms with E-state index >= 15 is 0 Å². The van der Waals surface area contributed by atoms with Crippen LogP contribution in [-0.4, -0.2) is 87.0 Å². The minimum Gasteiger partial charge on any atom is -0.494 e. The maximum Gasteiger partial charge on any atom is 0.289 e. The summed E-state index contributed by atoms with van der Waals surface area (Å²) < 4.78 is 11.0. The lowest BCUT2D eigenvalue weighted by Crippen LogP contribution is -2.53. The highest BCUT2D eigenvalue weighted by atomic mass is 127. The van der Waals surface area contributed by atoms with E-state index in [2.05, 4.69) is 46.3 Å². The minimum absolute atomic E-state index is 0. The molecule has 2 heterocycles. The summed E-state index contributed by atoms with van der Waals surface area (Å²) in [5.74, 6) is 2.07. The maximum atomic E-state index is 12.4. The largest absolute Gasteiger partial charge is 0.494 e. The maximum absolute atomic E-state index is 12.4. The molecule has 3 rings (SSSR count). The van der Waals surface area contributed by atoms with Crippen LogP contribution in [0.2, 0.25) is 0 Å². The highest BCUT2D eigenvalue weighted by Gasteiger charge is 2.25. The molecule has 1 saturated heterocycles. The molecule has 1 aromatic carbocycles. The van der Waals surface area contributed by atoms with Gasteiger partial charge in [-0.1, -0.05) is 12.1 Å². The number of benzene rings is 1. The van der Waals surface area contributed by atoms with Crippen LogP contribution in [0.4, 0.5) is 0 Å². The van der Waals surface area contributed by atoms with E-state index in [0.29, 0.717) is 25.4 Å². The Morgan fingerprint density at radius 1 is 1.12 bits per heavy atom. The fourth-order valence-corrected chi connectivity index (χ4v) is 3.47. The van der Waals surface area contributed by atoms with E-state index in [1.54, 1.807) is 19.2 Å². The zero-order valence-corrected chi connectivity index (χ0v) is 21.5. The Hall–Kier alpha value is -2.27. The number of hydrogen-bond donors (Lipinski definition) is 1. The predicted octanol–water partition coefficient (Wildman–Crippen LogP) is 2.76. The molecule has 1 fully saturated rings. The molecule has 2 aromatic rings. The third kappa shape index (κ3) is 7.70. The molecule has 1 aliphatic heterocycles. The molecular formula is C23H34IN5O3. The average molecular weight is 555 g/mol. The van der Waals surface area contributed by atoms with Crippen molar-refractivity contribution in [2.45, 2.75) is 13.0 Å². The first-order chi connectivity index (χ1) is 15.1. The van der Waals surface area contributed by atoms with Crippen LogP contribution < -0.4 is 10.1 Å². The monoisotopic (exact) mass is 555 g/mol. The summed E-state index contributed by atoms with van der Waals surface area (Å²) in [6.45, 7) is 5.15. The van der Waals surface area contributed by atoms with Crippen molar-refractivity contribution in [1.82, 2.24) is 20.0 Å². The fraction of sp³-hybridized carbons (Fsp3) is 0.478. The summed E-state index contributed by atoms with van der Waals surface area (Å²) in [6.07, 6.45) is 2.53. The number of rotatable bonds is 8. The van der Waals surface area contributed by atoms with Gasteiger partial charge in [0.1, 0.15) is 5.75 Å². The topological polar surface area (TPSA) is 73.6 Å². The number of guanidine groups is 1. The molecule has 176 valence electrons. The average Bonchev–Trinajstić information content (AvgIpc) is 3.33. The van der Waals surface area contributed by atoms with Gasteiger partial charge < -0.3 is 29.2 Å². The van der Waals surface area contributed by atoms with Gasteiger partial charge in [-0.3, -0.25) is 9.79 Å². The third-order valence-electron chi connectivity index (χ3n) is 5.20. The van der Waals surface area contributed by atoms with E-state index in [4.69, 9.17) is 9.15 Å². The molecule has 32 heavy (non-hydrogen) atoms. The normalized spacial score (nSPS) is 14.3. The van der Waals surface area contributed by atoms with Gasteiger partial charge in [-0.2, -0.15) is 0 Å². The first kappa shape index (κ1) is 26.0. The van der Waals surface area contributed by atoms with Crippen LogP contribution in [0.1, 0.15) is 22.5 Å². The van der Waals surface area contributed by atoms with Gasteiger partial charge in [0.05, 0.1) is 12.9 Å². The van der Waals surface area contributed by atoms with Crippen molar-refractivity contribution in [3.8, 4) is 5.75 Å². The summed E-state index contributed by atoms with van der Waals surface area (Å²) in [5.41, 5.74) is 1.16. The lowest BCUT2D eigenvalue weighted by atomic mass is 10.2. The van der Waals surface area contributed by atoms with Crippen LogP contribution in [0.3, 0.4) is 0 Å². The Balaban J connectivity index is 0.00000363. The number of carbonyl (C=O) groups excluding carboxylic acids is 1. The van der Waals surface area contributed by atoms with Gasteiger partial charge in [-0.05, 0) is 50.3 Å². The van der Waals surface area contributed by atoms with E-state index < -0.39 is 0 Å². The second-order valence-corrected chi connectivity index (χ2v) is 7.81. The molecule has 9 heteroatoms. The molecule has 0 spiro atoms. The van der Waals surface area contributed by atoms with E-state index in [-0.39, 0.29) is 29.9 Å². The molecule has 0 saturated carbocycles. The highest BCUT2D eigenvalue weighted by Crippen LogP contribution is 2.13. The molecule has 0 radical (unpaired) electrons. The zero-order chi connectivity index (χ0) is 22.1. The highest BCUT2D eigenvalue weighted by molar-refractivity contribution is 14.0. The van der Waals surface area contributed by atoms with Crippen LogP contribution in [0.25, 0.3) is 0 Å². The van der Waals surface area contributed by atoms with E-state index in [1.165, 1.54) is 6.26 Å². The summed E-state index contributed by atoms with van der Waals surface area (Å²) >= 11 is 0. The second-order valence-electron chi connectivity index (χ2n) is 7.81. The number of ether oxygens (including phenoxy) is 1. The van der Waals surface area contributed by atoms with Gasteiger partial charge in [-0.15, -0.1) is 24.0 Å². The molecule has 1 amide bonds. The number of hydrogen-bond acceptors (Lipinski definition) is 5. The standard InChI is InChI=1S/C23H33N5O3.HI/c1-24-23(28-14-12-27(13-15-28)22(29)21-6-4-16-31-21)25-18-19-7-9-20(10-8-19)30-17-5-11-26(2)3;/h4,6-10,16H,5,11-15,17-18H2,1-3H3,(H,24,25);1H. The van der Waals surface area contributed by atoms with E-state index in [9.17, 15) is 4.79 Å². The lowest BCUT2D eigenvalue weighted by molar-refractivity contribution is 0.0657. The lowest BCUT2D eigenvalue weighted by Gasteiger charge is -2.36. The third-order valence-corrected chi connectivity index (χ3v) is 5.20. The molecule has 0 bridgehead atoms. The first-order valence-corrected chi connectivity index (χ1v) is 10.7. The van der Waals surface area contributed by atoms with Crippen molar-refractivity contribution in [1.29, 1.82) is 0 Å². The molecule has 0 atom stereocenters. The number of halogens is 1. The van der Waals surface area contributed by atoms with Crippen molar-refractivity contribution in [2.75, 3.05) is 60.5 Å². The summed E-state index contributed by atoms with van der Waals surface area (Å²) in [4.78, 5) is 23.0. The van der Waals surface area contributed by atoms with E-state index in [0.717, 1.165) is 49.9 Å². The van der Waals surface area contributed by atoms with Gasteiger partial charge in [0.25, 0.3) is 5.91 Å². The minimum atomic E-state index is -0.0587. The summed E-state index contributed by atoms with van der Waals surface area (Å²) in [6, 6.07) is 11.6. The number of amides is 1. The van der Waals surface area contributed by atoms with Crippen LogP contribution in [0.5, 0.6) is 5.75 Å². The molecular weight excluding hydrogens is 521 g/mol. The number of nitrogens with one attached hydrogen (secondary N) is 1. The first-order valence-electron chi connectivity index (χ1n) is 10.7. The molecule has 1 aromatic heterocycles. The van der Waals surface area contributed by atoms with Gasteiger partial charge in [0.15, 0.2) is 11.7 Å². The summed E-state index contributed by atoms with van der Waals surface area (Å²) in [7, 11) is 5.92. The zero-order valence-electron chi connectivity index (χ0n) is 19.1. The van der Waals surface area contributed by atoms with Crippen LogP contribution >= 0.6 is 24.0 Å². The smallest absolute Gasteiger partial charge is 0.289 e. The molecule has 1 aliphatic rings. The summed E-state index contributed by atoms with van der Waals surface area (Å²) in [5, 5.41) is 3.42. The molecule has 8 nitrogen and oxygen atoms in total. The number of aliphatic imine (C=N–C) groups is 1. The predicted molar refractivity (Wildman–Crippen MR) is 137 cm³/mol. The number of furan rings is 1. The van der Waals surface area contributed by atoms with Gasteiger partial charge in [-0.25, -0.2) is 0 Å². The van der Waals surface area contributed by atoms with Gasteiger partial charge in [0.2, 0.25) is 0 Å². The van der Waals surface area contributed by atoms with E-state index in [1.807, 2.05) is 17.0 Å². The van der Waals surface area contributed by atoms with Crippen LogP contribution in [-0.2, 0) is 6.54 Å². The number of nitrogens with zero attached hydrogens (tertiary/aromatic N) is 4. The van der Waals surface area contributed by atoms with Gasteiger partial charge in [0, 0.05) is 46.3 Å². The van der Waals surface area contributed by atoms with Crippen LogP contribution in [0.15, 0.2) is 52.1 Å². The Kier molecular flexibility index (Phi) is 10.8. The molecule has 0 unspecified atom stereocenters. The Labute approximate surface area is 207 Å². The van der Waals surface area contributed by atoms with Crippen molar-refractivity contribution in [2.24, 2.45) is 4.99 Å². The fourth-order valence-electron chi connectivity index (χ4n) is 3.47. The van der Waals surface area contributed by atoms with Crippen molar-refractivity contribution in [3.05, 3.63) is 54.0 Å². The van der Waals surface area contributed by atoms with Gasteiger partial charge >= 0.3 is 0 Å². The Bertz CT molecular complexity index is 832. The Morgan fingerprint density at radius 3 is 2.41 bits per heavy atom. The van der Waals surface area contributed by atoms with Crippen molar-refractivity contribution >= 4 is 35.8 Å². The molecule has 0 aliphatic carbocycles. The second kappa shape index (κ2) is 13.3. The number of piperazine rings is 1. The van der Waals surface area contributed by atoms with Crippen LogP contribution in [0, 0.1) is 0 Å². The Morgan fingerprint density at radius 2 is 1.81 bits per heavy atom. The van der Waals surface area contributed by atoms with Crippen molar-refractivity contribution < 1.29 is 13.9 Å². The quantitative estimate of drug-likeness (QED) is 0.234. The van der Waals surface area contributed by atoms with Crippen molar-refractivity contribution in [3.63, 3.8) is 0 Å². The SMILES string of the molecule is CN=C(NCc1ccc(OCCCN(C)C)cc1)N1CCN(C(=O)c2ccco2)CC1.I. The number of carbonyl (C=O) groups is 1. The molecule has 1 N–H and O–H groups in total.